The third kappa shape index (κ3) is 2.51. The number of benzene rings is 1. The highest BCUT2D eigenvalue weighted by Gasteiger charge is 2.42. The molecule has 108 valence electrons. The molecule has 2 aliphatic carbocycles. The van der Waals surface area contributed by atoms with E-state index in [0.29, 0.717) is 5.41 Å². The molecule has 0 radical (unpaired) electrons. The first kappa shape index (κ1) is 12.8. The molecule has 2 heteroatoms. The van der Waals surface area contributed by atoms with E-state index >= 15 is 0 Å². The summed E-state index contributed by atoms with van der Waals surface area (Å²) < 4.78 is 0. The molecular formula is C18H26N2. The van der Waals surface area contributed by atoms with Gasteiger partial charge in [-0.25, -0.2) is 0 Å². The predicted octanol–water partition coefficient (Wildman–Crippen LogP) is 3.05. The summed E-state index contributed by atoms with van der Waals surface area (Å²) in [6, 6.07) is 12.5. The van der Waals surface area contributed by atoms with Gasteiger partial charge in [-0.2, -0.15) is 0 Å². The zero-order valence-electron chi connectivity index (χ0n) is 12.3. The van der Waals surface area contributed by atoms with Crippen LogP contribution in [0.4, 0.5) is 0 Å². The predicted molar refractivity (Wildman–Crippen MR) is 82.9 cm³/mol. The minimum Gasteiger partial charge on any atom is -0.316 e. The lowest BCUT2D eigenvalue weighted by molar-refractivity contribution is 0.183. The zero-order valence-corrected chi connectivity index (χ0v) is 12.3. The van der Waals surface area contributed by atoms with Gasteiger partial charge in [0.15, 0.2) is 0 Å². The maximum absolute atomic E-state index is 3.93. The lowest BCUT2D eigenvalue weighted by Crippen LogP contribution is -2.39. The molecule has 3 aliphatic rings. The Labute approximate surface area is 122 Å². The maximum Gasteiger partial charge on any atom is 0.0145 e. The molecule has 0 unspecified atom stereocenters. The average Bonchev–Trinajstić information content (AvgIpc) is 3.12. The SMILES string of the molecule is c1ccc([C@H]2C[C@@H]2NC2CCC3(CCNC3)CC2)cc1. The van der Waals surface area contributed by atoms with E-state index in [1.807, 2.05) is 0 Å². The molecule has 20 heavy (non-hydrogen) atoms. The smallest absolute Gasteiger partial charge is 0.0145 e. The van der Waals surface area contributed by atoms with Gasteiger partial charge in [0.1, 0.15) is 0 Å². The first-order chi connectivity index (χ1) is 9.85. The normalized spacial score (nSPS) is 40.1. The van der Waals surface area contributed by atoms with E-state index in [9.17, 15) is 0 Å². The standard InChI is InChI=1S/C18H26N2/c1-2-4-14(5-3-1)16-12-17(16)20-15-6-8-18(9-7-15)10-11-19-13-18/h1-5,15-17,19-20H,6-13H2/t15?,16-,17+,18?/m1/s1. The second kappa shape index (κ2) is 5.16. The fraction of sp³-hybridized carbons (Fsp3) is 0.667. The third-order valence-electron chi connectivity index (χ3n) is 5.85. The number of hydrogen-bond donors (Lipinski definition) is 2. The molecule has 0 aromatic heterocycles. The molecule has 1 aromatic rings. The van der Waals surface area contributed by atoms with Crippen LogP contribution in [0.1, 0.15) is 50.0 Å². The molecule has 1 aliphatic heterocycles. The molecular weight excluding hydrogens is 244 g/mol. The first-order valence-corrected chi connectivity index (χ1v) is 8.36. The van der Waals surface area contributed by atoms with E-state index in [0.717, 1.165) is 18.0 Å². The van der Waals surface area contributed by atoms with E-state index in [2.05, 4.69) is 41.0 Å². The van der Waals surface area contributed by atoms with Gasteiger partial charge in [-0.1, -0.05) is 30.3 Å². The van der Waals surface area contributed by atoms with Crippen molar-refractivity contribution in [1.29, 1.82) is 0 Å². The Kier molecular flexibility index (Phi) is 3.31. The molecule has 2 atom stereocenters. The third-order valence-corrected chi connectivity index (χ3v) is 5.85. The molecule has 4 rings (SSSR count). The Hall–Kier alpha value is -0.860. The highest BCUT2D eigenvalue weighted by atomic mass is 15.0. The van der Waals surface area contributed by atoms with Crippen molar-refractivity contribution >= 4 is 0 Å². The van der Waals surface area contributed by atoms with Gasteiger partial charge in [-0.15, -0.1) is 0 Å². The Morgan fingerprint density at radius 3 is 2.55 bits per heavy atom. The summed E-state index contributed by atoms with van der Waals surface area (Å²) in [4.78, 5) is 0. The van der Waals surface area contributed by atoms with Crippen molar-refractivity contribution in [1.82, 2.24) is 10.6 Å². The van der Waals surface area contributed by atoms with Crippen LogP contribution in [0.2, 0.25) is 0 Å². The van der Waals surface area contributed by atoms with Crippen molar-refractivity contribution < 1.29 is 0 Å². The van der Waals surface area contributed by atoms with Crippen molar-refractivity contribution in [2.45, 2.75) is 56.5 Å². The van der Waals surface area contributed by atoms with Gasteiger partial charge in [-0.3, -0.25) is 0 Å². The van der Waals surface area contributed by atoms with Crippen molar-refractivity contribution in [2.75, 3.05) is 13.1 Å². The van der Waals surface area contributed by atoms with Gasteiger partial charge in [-0.05, 0) is 56.0 Å². The van der Waals surface area contributed by atoms with Gasteiger partial charge in [0.05, 0.1) is 0 Å². The highest BCUT2D eigenvalue weighted by molar-refractivity contribution is 5.27. The largest absolute Gasteiger partial charge is 0.316 e. The number of hydrogen-bond acceptors (Lipinski definition) is 2. The van der Waals surface area contributed by atoms with E-state index < -0.39 is 0 Å². The molecule has 2 N–H and O–H groups in total. The molecule has 1 saturated heterocycles. The van der Waals surface area contributed by atoms with E-state index in [-0.39, 0.29) is 0 Å². The number of nitrogens with one attached hydrogen (secondary N) is 2. The summed E-state index contributed by atoms with van der Waals surface area (Å²) in [5.74, 6) is 0.778. The number of rotatable bonds is 3. The second-order valence-electron chi connectivity index (χ2n) is 7.23. The molecule has 1 aromatic carbocycles. The summed E-state index contributed by atoms with van der Waals surface area (Å²) in [6.07, 6.45) is 8.39. The van der Waals surface area contributed by atoms with E-state index in [1.54, 1.807) is 0 Å². The molecule has 2 saturated carbocycles. The maximum atomic E-state index is 3.93. The van der Waals surface area contributed by atoms with Crippen molar-refractivity contribution in [3.8, 4) is 0 Å². The Morgan fingerprint density at radius 2 is 1.85 bits per heavy atom. The Morgan fingerprint density at radius 1 is 1.05 bits per heavy atom. The van der Waals surface area contributed by atoms with Gasteiger partial charge in [0.2, 0.25) is 0 Å². The van der Waals surface area contributed by atoms with Gasteiger partial charge in [0.25, 0.3) is 0 Å². The monoisotopic (exact) mass is 270 g/mol. The summed E-state index contributed by atoms with van der Waals surface area (Å²) in [6.45, 7) is 2.52. The summed E-state index contributed by atoms with van der Waals surface area (Å²) >= 11 is 0. The van der Waals surface area contributed by atoms with Crippen LogP contribution in [0, 0.1) is 5.41 Å². The van der Waals surface area contributed by atoms with Crippen LogP contribution in [0.5, 0.6) is 0 Å². The molecule has 0 bridgehead atoms. The fourth-order valence-corrected chi connectivity index (χ4v) is 4.37. The first-order valence-electron chi connectivity index (χ1n) is 8.36. The van der Waals surface area contributed by atoms with Crippen molar-refractivity contribution in [3.05, 3.63) is 35.9 Å². The van der Waals surface area contributed by atoms with Gasteiger partial charge < -0.3 is 10.6 Å². The van der Waals surface area contributed by atoms with Crippen LogP contribution < -0.4 is 10.6 Å². The van der Waals surface area contributed by atoms with E-state index in [1.165, 1.54) is 57.2 Å². The quantitative estimate of drug-likeness (QED) is 0.882. The molecule has 2 nitrogen and oxygen atoms in total. The van der Waals surface area contributed by atoms with Crippen LogP contribution in [0.15, 0.2) is 30.3 Å². The highest BCUT2D eigenvalue weighted by Crippen LogP contribution is 2.44. The minimum absolute atomic E-state index is 0.667. The van der Waals surface area contributed by atoms with Crippen LogP contribution in [-0.2, 0) is 0 Å². The van der Waals surface area contributed by atoms with Crippen LogP contribution in [0.3, 0.4) is 0 Å². The average molecular weight is 270 g/mol. The lowest BCUT2D eigenvalue weighted by atomic mass is 9.72. The summed E-state index contributed by atoms with van der Waals surface area (Å²) in [7, 11) is 0. The molecule has 0 amide bonds. The summed E-state index contributed by atoms with van der Waals surface area (Å²) in [5.41, 5.74) is 2.19. The van der Waals surface area contributed by atoms with Gasteiger partial charge >= 0.3 is 0 Å². The van der Waals surface area contributed by atoms with Crippen LogP contribution in [0.25, 0.3) is 0 Å². The minimum atomic E-state index is 0.667. The second-order valence-corrected chi connectivity index (χ2v) is 7.23. The Balaban J connectivity index is 1.28. The van der Waals surface area contributed by atoms with Gasteiger partial charge in [0, 0.05) is 24.5 Å². The zero-order chi connectivity index (χ0) is 13.4. The lowest BCUT2D eigenvalue weighted by Gasteiger charge is -2.37. The summed E-state index contributed by atoms with van der Waals surface area (Å²) in [5, 5.41) is 7.49. The van der Waals surface area contributed by atoms with E-state index in [4.69, 9.17) is 0 Å². The molecule has 1 spiro atoms. The fourth-order valence-electron chi connectivity index (χ4n) is 4.37. The Bertz CT molecular complexity index is 440. The topological polar surface area (TPSA) is 24.1 Å². The van der Waals surface area contributed by atoms with Crippen molar-refractivity contribution in [2.24, 2.45) is 5.41 Å². The molecule has 3 fully saturated rings. The van der Waals surface area contributed by atoms with Crippen LogP contribution in [-0.4, -0.2) is 25.2 Å². The van der Waals surface area contributed by atoms with Crippen LogP contribution >= 0.6 is 0 Å². The van der Waals surface area contributed by atoms with Crippen molar-refractivity contribution in [3.63, 3.8) is 0 Å². The molecule has 1 heterocycles.